The van der Waals surface area contributed by atoms with Crippen molar-refractivity contribution < 1.29 is 4.79 Å². The predicted molar refractivity (Wildman–Crippen MR) is 99.7 cm³/mol. The van der Waals surface area contributed by atoms with E-state index in [1.165, 1.54) is 22.6 Å². The van der Waals surface area contributed by atoms with E-state index in [2.05, 4.69) is 28.4 Å². The van der Waals surface area contributed by atoms with Crippen LogP contribution in [-0.2, 0) is 19.9 Å². The van der Waals surface area contributed by atoms with E-state index in [1.807, 2.05) is 22.7 Å². The number of carbonyl (C=O) groups excluding carboxylic acids is 1. The molecule has 6 nitrogen and oxygen atoms in total. The van der Waals surface area contributed by atoms with Gasteiger partial charge in [0.2, 0.25) is 0 Å². The molecule has 2 aromatic heterocycles. The van der Waals surface area contributed by atoms with Crippen molar-refractivity contribution in [3.05, 3.63) is 34.6 Å². The molecule has 3 heterocycles. The minimum atomic E-state index is -0.0561. The Labute approximate surface area is 151 Å². The summed E-state index contributed by atoms with van der Waals surface area (Å²) in [5.74, 6) is 0.717. The fourth-order valence-electron chi connectivity index (χ4n) is 3.54. The largest absolute Gasteiger partial charge is 0.323 e. The van der Waals surface area contributed by atoms with Gasteiger partial charge in [-0.1, -0.05) is 13.0 Å². The standard InChI is InChI=1S/C18H23N5OS/c1-12-3-4-14-16(11-12)25-17(20-14)21-18(24)23-9-6-13(7-10-23)15-5-8-19-22(15)2/h5-6,8,12H,3-4,7,9-11H2,1-2H3,(H,20,21,24). The smallest absolute Gasteiger partial charge is 0.320 e. The summed E-state index contributed by atoms with van der Waals surface area (Å²) in [5.41, 5.74) is 3.56. The molecule has 2 aromatic rings. The third kappa shape index (κ3) is 3.33. The lowest BCUT2D eigenvalue weighted by atomic mass is 9.93. The molecular weight excluding hydrogens is 334 g/mol. The highest BCUT2D eigenvalue weighted by molar-refractivity contribution is 7.15. The number of aromatic nitrogens is 3. The van der Waals surface area contributed by atoms with Crippen LogP contribution >= 0.6 is 11.3 Å². The highest BCUT2D eigenvalue weighted by Gasteiger charge is 2.23. The highest BCUT2D eigenvalue weighted by Crippen LogP contribution is 2.32. The van der Waals surface area contributed by atoms with Crippen molar-refractivity contribution in [1.29, 1.82) is 0 Å². The SMILES string of the molecule is CC1CCc2nc(NC(=O)N3CC=C(c4ccnn4C)CC3)sc2C1. The number of carbonyl (C=O) groups is 1. The number of thiazole rings is 1. The van der Waals surface area contributed by atoms with Crippen LogP contribution in [0.4, 0.5) is 9.93 Å². The average molecular weight is 357 g/mol. The molecule has 2 amide bonds. The number of urea groups is 1. The van der Waals surface area contributed by atoms with Crippen LogP contribution < -0.4 is 5.32 Å². The highest BCUT2D eigenvalue weighted by atomic mass is 32.1. The maximum absolute atomic E-state index is 12.5. The zero-order valence-electron chi connectivity index (χ0n) is 14.7. The van der Waals surface area contributed by atoms with Crippen molar-refractivity contribution in [3.8, 4) is 0 Å². The quantitative estimate of drug-likeness (QED) is 0.897. The Morgan fingerprint density at radius 3 is 3.00 bits per heavy atom. The van der Waals surface area contributed by atoms with Crippen molar-refractivity contribution in [1.82, 2.24) is 19.7 Å². The van der Waals surface area contributed by atoms with Crippen molar-refractivity contribution in [3.63, 3.8) is 0 Å². The average Bonchev–Trinajstić information content (AvgIpc) is 3.20. The lowest BCUT2D eigenvalue weighted by molar-refractivity contribution is 0.217. The number of hydrogen-bond acceptors (Lipinski definition) is 4. The molecule has 0 saturated heterocycles. The normalized spacial score (nSPS) is 20.2. The first-order valence-corrected chi connectivity index (χ1v) is 9.63. The van der Waals surface area contributed by atoms with Gasteiger partial charge in [0, 0.05) is 31.2 Å². The number of anilines is 1. The minimum Gasteiger partial charge on any atom is -0.320 e. The van der Waals surface area contributed by atoms with Crippen LogP contribution in [0.3, 0.4) is 0 Å². The van der Waals surface area contributed by atoms with Crippen LogP contribution in [0.1, 0.15) is 36.0 Å². The molecule has 0 bridgehead atoms. The van der Waals surface area contributed by atoms with E-state index in [4.69, 9.17) is 0 Å². The second-order valence-corrected chi connectivity index (χ2v) is 8.02. The monoisotopic (exact) mass is 357 g/mol. The van der Waals surface area contributed by atoms with E-state index < -0.39 is 0 Å². The van der Waals surface area contributed by atoms with Gasteiger partial charge in [0.25, 0.3) is 0 Å². The van der Waals surface area contributed by atoms with E-state index in [9.17, 15) is 4.79 Å². The Morgan fingerprint density at radius 2 is 2.28 bits per heavy atom. The van der Waals surface area contributed by atoms with Crippen molar-refractivity contribution in [2.24, 2.45) is 13.0 Å². The fourth-order valence-corrected chi connectivity index (χ4v) is 4.70. The molecule has 132 valence electrons. The second-order valence-electron chi connectivity index (χ2n) is 6.93. The molecule has 2 aliphatic rings. The molecule has 1 N–H and O–H groups in total. The molecule has 0 radical (unpaired) electrons. The van der Waals surface area contributed by atoms with E-state index in [0.717, 1.165) is 30.1 Å². The molecule has 7 heteroatoms. The van der Waals surface area contributed by atoms with Crippen LogP contribution in [0.5, 0.6) is 0 Å². The summed E-state index contributed by atoms with van der Waals surface area (Å²) in [5, 5.41) is 7.95. The van der Waals surface area contributed by atoms with Crippen LogP contribution in [0, 0.1) is 5.92 Å². The first-order chi connectivity index (χ1) is 12.1. The van der Waals surface area contributed by atoms with Gasteiger partial charge in [-0.15, -0.1) is 11.3 Å². The number of fused-ring (bicyclic) bond motifs is 1. The van der Waals surface area contributed by atoms with Gasteiger partial charge in [0.15, 0.2) is 5.13 Å². The number of aryl methyl sites for hydroxylation is 2. The number of nitrogens with one attached hydrogen (secondary N) is 1. The number of rotatable bonds is 2. The summed E-state index contributed by atoms with van der Waals surface area (Å²) in [6, 6.07) is 1.96. The van der Waals surface area contributed by atoms with Gasteiger partial charge in [-0.25, -0.2) is 9.78 Å². The van der Waals surface area contributed by atoms with Crippen molar-refractivity contribution in [2.75, 3.05) is 18.4 Å². The van der Waals surface area contributed by atoms with Gasteiger partial charge < -0.3 is 4.90 Å². The maximum atomic E-state index is 12.5. The topological polar surface area (TPSA) is 63.1 Å². The molecule has 1 aliphatic heterocycles. The fraction of sp³-hybridized carbons (Fsp3) is 0.500. The summed E-state index contributed by atoms with van der Waals surface area (Å²) in [4.78, 5) is 20.3. The number of amides is 2. The zero-order chi connectivity index (χ0) is 17.4. The van der Waals surface area contributed by atoms with E-state index in [-0.39, 0.29) is 6.03 Å². The maximum Gasteiger partial charge on any atom is 0.323 e. The van der Waals surface area contributed by atoms with Gasteiger partial charge in [-0.05, 0) is 43.2 Å². The van der Waals surface area contributed by atoms with Crippen LogP contribution in [0.2, 0.25) is 0 Å². The Hall–Kier alpha value is -2.15. The van der Waals surface area contributed by atoms with Gasteiger partial charge in [-0.2, -0.15) is 5.10 Å². The minimum absolute atomic E-state index is 0.0561. The van der Waals surface area contributed by atoms with Gasteiger partial charge in [-0.3, -0.25) is 10.00 Å². The first-order valence-electron chi connectivity index (χ1n) is 8.82. The Balaban J connectivity index is 1.40. The molecule has 1 aliphatic carbocycles. The first kappa shape index (κ1) is 16.3. The van der Waals surface area contributed by atoms with E-state index in [0.29, 0.717) is 19.0 Å². The summed E-state index contributed by atoms with van der Waals surface area (Å²) in [6.07, 6.45) is 8.08. The zero-order valence-corrected chi connectivity index (χ0v) is 15.5. The third-order valence-corrected chi connectivity index (χ3v) is 6.08. The van der Waals surface area contributed by atoms with Crippen LogP contribution in [0.25, 0.3) is 5.57 Å². The molecular formula is C18H23N5OS. The van der Waals surface area contributed by atoms with Gasteiger partial charge in [0.05, 0.1) is 11.4 Å². The predicted octanol–water partition coefficient (Wildman–Crippen LogP) is 3.32. The summed E-state index contributed by atoms with van der Waals surface area (Å²) >= 11 is 1.64. The Kier molecular flexibility index (Phi) is 4.33. The Bertz CT molecular complexity index is 821. The number of nitrogens with zero attached hydrogens (tertiary/aromatic N) is 4. The molecule has 4 rings (SSSR count). The Morgan fingerprint density at radius 1 is 1.40 bits per heavy atom. The molecule has 0 saturated carbocycles. The molecule has 1 atom stereocenters. The third-order valence-electron chi connectivity index (χ3n) is 5.05. The second kappa shape index (κ2) is 6.63. The van der Waals surface area contributed by atoms with Crippen LogP contribution in [-0.4, -0.2) is 38.8 Å². The molecule has 0 spiro atoms. The lowest BCUT2D eigenvalue weighted by Gasteiger charge is -2.26. The van der Waals surface area contributed by atoms with Gasteiger partial charge >= 0.3 is 6.03 Å². The molecule has 0 aromatic carbocycles. The lowest BCUT2D eigenvalue weighted by Crippen LogP contribution is -2.38. The summed E-state index contributed by atoms with van der Waals surface area (Å²) in [6.45, 7) is 3.61. The molecule has 25 heavy (non-hydrogen) atoms. The molecule has 0 fully saturated rings. The van der Waals surface area contributed by atoms with E-state index >= 15 is 0 Å². The van der Waals surface area contributed by atoms with Crippen molar-refractivity contribution in [2.45, 2.75) is 32.6 Å². The number of hydrogen-bond donors (Lipinski definition) is 1. The van der Waals surface area contributed by atoms with Gasteiger partial charge in [0.1, 0.15) is 0 Å². The van der Waals surface area contributed by atoms with E-state index in [1.54, 1.807) is 17.5 Å². The summed E-state index contributed by atoms with van der Waals surface area (Å²) < 4.78 is 1.88. The van der Waals surface area contributed by atoms with Crippen LogP contribution in [0.15, 0.2) is 18.3 Å². The van der Waals surface area contributed by atoms with Crippen molar-refractivity contribution >= 4 is 28.1 Å². The summed E-state index contributed by atoms with van der Waals surface area (Å²) in [7, 11) is 1.94. The molecule has 1 unspecified atom stereocenters.